The Bertz CT molecular complexity index is 818. The summed E-state index contributed by atoms with van der Waals surface area (Å²) >= 11 is 0. The van der Waals surface area contributed by atoms with Crippen molar-refractivity contribution >= 4 is 27.5 Å². The van der Waals surface area contributed by atoms with Crippen molar-refractivity contribution in [1.29, 1.82) is 0 Å². The SMILES string of the molecule is CC(C)C(C)NC(=O)C1CCN(CCC(=O)Nc2cccc(S(N)(=O)=O)c2)CC1. The summed E-state index contributed by atoms with van der Waals surface area (Å²) in [5, 5.41) is 10.9. The van der Waals surface area contributed by atoms with Gasteiger partial charge in [0, 0.05) is 30.6 Å². The molecule has 0 aliphatic carbocycles. The topological polar surface area (TPSA) is 122 Å². The molecule has 0 bridgehead atoms. The van der Waals surface area contributed by atoms with Gasteiger partial charge in [0.2, 0.25) is 21.8 Å². The third kappa shape index (κ3) is 7.41. The van der Waals surface area contributed by atoms with Crippen molar-refractivity contribution in [3.63, 3.8) is 0 Å². The number of nitrogens with zero attached hydrogens (tertiary/aromatic N) is 1. The molecule has 1 heterocycles. The molecule has 0 aromatic heterocycles. The van der Waals surface area contributed by atoms with Crippen molar-refractivity contribution in [1.82, 2.24) is 10.2 Å². The second kappa shape index (κ2) is 10.2. The van der Waals surface area contributed by atoms with E-state index >= 15 is 0 Å². The molecular weight excluding hydrogens is 392 g/mol. The number of hydrogen-bond donors (Lipinski definition) is 3. The zero-order valence-corrected chi connectivity index (χ0v) is 18.2. The number of rotatable bonds is 8. The molecule has 0 radical (unpaired) electrons. The molecule has 1 aromatic carbocycles. The number of hydrogen-bond acceptors (Lipinski definition) is 5. The molecule has 9 heteroatoms. The Balaban J connectivity index is 1.75. The summed E-state index contributed by atoms with van der Waals surface area (Å²) in [6.07, 6.45) is 1.87. The molecule has 2 rings (SSSR count). The lowest BCUT2D eigenvalue weighted by molar-refractivity contribution is -0.127. The number of piperidine rings is 1. The van der Waals surface area contributed by atoms with Gasteiger partial charge >= 0.3 is 0 Å². The Morgan fingerprint density at radius 2 is 1.86 bits per heavy atom. The molecular formula is C20H32N4O4S. The first kappa shape index (κ1) is 23.3. The molecule has 1 aliphatic heterocycles. The smallest absolute Gasteiger partial charge is 0.238 e. The highest BCUT2D eigenvalue weighted by Crippen LogP contribution is 2.19. The molecule has 1 saturated heterocycles. The normalized spacial score (nSPS) is 17.1. The minimum Gasteiger partial charge on any atom is -0.353 e. The van der Waals surface area contributed by atoms with Crippen LogP contribution in [0.15, 0.2) is 29.2 Å². The summed E-state index contributed by atoms with van der Waals surface area (Å²) in [7, 11) is -3.81. The van der Waals surface area contributed by atoms with Crippen molar-refractivity contribution in [3.05, 3.63) is 24.3 Å². The molecule has 0 spiro atoms. The van der Waals surface area contributed by atoms with Gasteiger partial charge in [-0.2, -0.15) is 0 Å². The van der Waals surface area contributed by atoms with Crippen LogP contribution in [0.25, 0.3) is 0 Å². The van der Waals surface area contributed by atoms with E-state index in [4.69, 9.17) is 5.14 Å². The van der Waals surface area contributed by atoms with Crippen LogP contribution in [0.2, 0.25) is 0 Å². The van der Waals surface area contributed by atoms with E-state index in [-0.39, 0.29) is 28.7 Å². The van der Waals surface area contributed by atoms with Crippen molar-refractivity contribution in [2.75, 3.05) is 25.0 Å². The first-order valence-corrected chi connectivity index (χ1v) is 11.6. The van der Waals surface area contributed by atoms with Gasteiger partial charge in [0.25, 0.3) is 0 Å². The number of anilines is 1. The summed E-state index contributed by atoms with van der Waals surface area (Å²) in [6.45, 7) is 8.35. The largest absolute Gasteiger partial charge is 0.353 e. The number of carbonyl (C=O) groups is 2. The van der Waals surface area contributed by atoms with Crippen molar-refractivity contribution in [2.45, 2.75) is 51.0 Å². The van der Waals surface area contributed by atoms with Gasteiger partial charge in [-0.1, -0.05) is 19.9 Å². The summed E-state index contributed by atoms with van der Waals surface area (Å²) in [5.74, 6) is 0.367. The standard InChI is InChI=1S/C20H32N4O4S/c1-14(2)15(3)22-20(26)16-7-10-24(11-8-16)12-9-19(25)23-17-5-4-6-18(13-17)29(21,27)28/h4-6,13-16H,7-12H2,1-3H3,(H,22,26)(H,23,25)(H2,21,27,28). The molecule has 162 valence electrons. The maximum absolute atomic E-state index is 12.3. The zero-order valence-electron chi connectivity index (χ0n) is 17.3. The number of amides is 2. The van der Waals surface area contributed by atoms with Gasteiger partial charge in [0.1, 0.15) is 0 Å². The highest BCUT2D eigenvalue weighted by Gasteiger charge is 2.26. The predicted molar refractivity (Wildman–Crippen MR) is 113 cm³/mol. The summed E-state index contributed by atoms with van der Waals surface area (Å²) in [5.41, 5.74) is 0.399. The molecule has 2 amide bonds. The van der Waals surface area contributed by atoms with Gasteiger partial charge in [0.05, 0.1) is 4.90 Å². The van der Waals surface area contributed by atoms with Crippen LogP contribution in [-0.2, 0) is 19.6 Å². The lowest BCUT2D eigenvalue weighted by atomic mass is 9.94. The fourth-order valence-electron chi connectivity index (χ4n) is 3.16. The van der Waals surface area contributed by atoms with Gasteiger partial charge in [0.15, 0.2) is 0 Å². The van der Waals surface area contributed by atoms with Crippen LogP contribution in [0.1, 0.15) is 40.0 Å². The Morgan fingerprint density at radius 1 is 1.21 bits per heavy atom. The predicted octanol–water partition coefficient (Wildman–Crippen LogP) is 1.54. The average molecular weight is 425 g/mol. The van der Waals surface area contributed by atoms with E-state index in [9.17, 15) is 18.0 Å². The highest BCUT2D eigenvalue weighted by molar-refractivity contribution is 7.89. The van der Waals surface area contributed by atoms with Gasteiger partial charge in [-0.15, -0.1) is 0 Å². The van der Waals surface area contributed by atoms with Crippen LogP contribution in [0, 0.1) is 11.8 Å². The lowest BCUT2D eigenvalue weighted by Crippen LogP contribution is -2.44. The molecule has 8 nitrogen and oxygen atoms in total. The number of carbonyl (C=O) groups excluding carboxylic acids is 2. The van der Waals surface area contributed by atoms with E-state index in [0.29, 0.717) is 24.6 Å². The van der Waals surface area contributed by atoms with Crippen molar-refractivity contribution < 1.29 is 18.0 Å². The minimum atomic E-state index is -3.81. The average Bonchev–Trinajstić information content (AvgIpc) is 2.66. The van der Waals surface area contributed by atoms with Crippen molar-refractivity contribution in [2.24, 2.45) is 17.0 Å². The summed E-state index contributed by atoms with van der Waals surface area (Å²) in [6, 6.07) is 6.04. The first-order valence-electron chi connectivity index (χ1n) is 10.0. The fourth-order valence-corrected chi connectivity index (χ4v) is 3.72. The second-order valence-corrected chi connectivity index (χ2v) is 9.59. The Morgan fingerprint density at radius 3 is 2.45 bits per heavy atom. The Hall–Kier alpha value is -1.97. The monoisotopic (exact) mass is 424 g/mol. The summed E-state index contributed by atoms with van der Waals surface area (Å²) in [4.78, 5) is 26.7. The third-order valence-electron chi connectivity index (χ3n) is 5.43. The van der Waals surface area contributed by atoms with E-state index in [1.165, 1.54) is 18.2 Å². The maximum Gasteiger partial charge on any atom is 0.238 e. The second-order valence-electron chi connectivity index (χ2n) is 8.03. The number of likely N-dealkylation sites (tertiary alicyclic amines) is 1. The van der Waals surface area contributed by atoms with Gasteiger partial charge < -0.3 is 15.5 Å². The molecule has 0 saturated carbocycles. The van der Waals surface area contributed by atoms with E-state index in [1.807, 2.05) is 6.92 Å². The van der Waals surface area contributed by atoms with E-state index in [1.54, 1.807) is 6.07 Å². The van der Waals surface area contributed by atoms with Gasteiger partial charge in [-0.3, -0.25) is 9.59 Å². The van der Waals surface area contributed by atoms with E-state index < -0.39 is 10.0 Å². The first-order chi connectivity index (χ1) is 13.6. The van der Waals surface area contributed by atoms with Crippen LogP contribution in [0.3, 0.4) is 0 Å². The van der Waals surface area contributed by atoms with Crippen molar-refractivity contribution in [3.8, 4) is 0 Å². The lowest BCUT2D eigenvalue weighted by Gasteiger charge is -2.32. The Kier molecular flexibility index (Phi) is 8.18. The molecule has 1 aromatic rings. The summed E-state index contributed by atoms with van der Waals surface area (Å²) < 4.78 is 22.8. The number of nitrogens with two attached hydrogens (primary N) is 1. The number of sulfonamides is 1. The highest BCUT2D eigenvalue weighted by atomic mass is 32.2. The number of benzene rings is 1. The van der Waals surface area contributed by atoms with Crippen LogP contribution in [0.4, 0.5) is 5.69 Å². The Labute approximate surface area is 173 Å². The van der Waals surface area contributed by atoms with Crippen LogP contribution >= 0.6 is 0 Å². The quantitative estimate of drug-likeness (QED) is 0.584. The number of primary sulfonamides is 1. The van der Waals surface area contributed by atoms with Crippen LogP contribution in [0.5, 0.6) is 0 Å². The van der Waals surface area contributed by atoms with E-state index in [0.717, 1.165) is 25.9 Å². The number of nitrogens with one attached hydrogen (secondary N) is 2. The maximum atomic E-state index is 12.3. The van der Waals surface area contributed by atoms with Crippen LogP contribution < -0.4 is 15.8 Å². The zero-order chi connectivity index (χ0) is 21.6. The minimum absolute atomic E-state index is 0.0298. The van der Waals surface area contributed by atoms with E-state index in [2.05, 4.69) is 29.4 Å². The molecule has 1 atom stereocenters. The molecule has 29 heavy (non-hydrogen) atoms. The van der Waals surface area contributed by atoms with Crippen LogP contribution in [-0.4, -0.2) is 50.8 Å². The molecule has 1 unspecified atom stereocenters. The third-order valence-corrected chi connectivity index (χ3v) is 6.34. The molecule has 1 fully saturated rings. The van der Waals surface area contributed by atoms with Gasteiger partial charge in [-0.25, -0.2) is 13.6 Å². The van der Waals surface area contributed by atoms with Gasteiger partial charge in [-0.05, 0) is 57.0 Å². The fraction of sp³-hybridized carbons (Fsp3) is 0.600. The molecule has 1 aliphatic rings. The molecule has 4 N–H and O–H groups in total.